The van der Waals surface area contributed by atoms with Crippen molar-refractivity contribution in [3.8, 4) is 39.4 Å². The van der Waals surface area contributed by atoms with Gasteiger partial charge in [-0.3, -0.25) is 15.1 Å². The van der Waals surface area contributed by atoms with Gasteiger partial charge in [0.05, 0.1) is 17.6 Å². The first-order valence-electron chi connectivity index (χ1n) is 12.4. The van der Waals surface area contributed by atoms with Crippen molar-refractivity contribution in [2.45, 2.75) is 18.9 Å². The van der Waals surface area contributed by atoms with Crippen molar-refractivity contribution in [3.05, 3.63) is 73.6 Å². The Labute approximate surface area is 212 Å². The Hall–Kier alpha value is -4.63. The topological polar surface area (TPSA) is 117 Å². The SMILES string of the molecule is c1cc(-c2ccnc3[nH]c(-c4[nH]nc5ncc(-c6cncc(OC7CCNCC7)c6)cc45)cc23)ccn1. The highest BCUT2D eigenvalue weighted by Gasteiger charge is 2.17. The minimum atomic E-state index is 0.215. The molecular weight excluding hydrogens is 464 g/mol. The molecule has 0 radical (unpaired) electrons. The van der Waals surface area contributed by atoms with E-state index in [2.05, 4.69) is 52.6 Å². The molecule has 0 bridgehead atoms. The number of aromatic nitrogens is 7. The Balaban J connectivity index is 1.26. The molecular formula is C28H24N8O. The van der Waals surface area contributed by atoms with Crippen LogP contribution in [0.3, 0.4) is 0 Å². The molecule has 9 heteroatoms. The molecule has 182 valence electrons. The van der Waals surface area contributed by atoms with Crippen molar-refractivity contribution in [2.24, 2.45) is 0 Å². The standard InChI is InChI=1S/C28H24N8O/c1-6-29-7-2-17(1)22-5-10-32-27-23(22)13-25(34-27)26-24-12-19(15-33-28(24)36-35-26)18-11-21(16-31-14-18)37-20-3-8-30-9-4-20/h1-2,5-7,10-16,20,30H,3-4,8-9H2,(H,32,34)(H,33,35,36). The van der Waals surface area contributed by atoms with Gasteiger partial charge >= 0.3 is 0 Å². The lowest BCUT2D eigenvalue weighted by Gasteiger charge is -2.23. The third-order valence-electron chi connectivity index (χ3n) is 6.84. The number of rotatable bonds is 5. The summed E-state index contributed by atoms with van der Waals surface area (Å²) in [7, 11) is 0. The van der Waals surface area contributed by atoms with E-state index in [-0.39, 0.29) is 6.10 Å². The first kappa shape index (κ1) is 21.6. The lowest BCUT2D eigenvalue weighted by molar-refractivity contribution is 0.162. The summed E-state index contributed by atoms with van der Waals surface area (Å²) in [6.07, 6.45) is 13.1. The van der Waals surface area contributed by atoms with Crippen molar-refractivity contribution >= 4 is 22.1 Å². The maximum absolute atomic E-state index is 6.21. The molecule has 1 aliphatic rings. The van der Waals surface area contributed by atoms with E-state index in [0.717, 1.165) is 81.7 Å². The van der Waals surface area contributed by atoms with Crippen LogP contribution in [0.25, 0.3) is 55.7 Å². The van der Waals surface area contributed by atoms with E-state index < -0.39 is 0 Å². The number of H-pyrrole nitrogens is 2. The van der Waals surface area contributed by atoms with E-state index in [0.29, 0.717) is 5.65 Å². The number of aromatic amines is 2. The summed E-state index contributed by atoms with van der Waals surface area (Å²) in [5.74, 6) is 0.780. The monoisotopic (exact) mass is 488 g/mol. The summed E-state index contributed by atoms with van der Waals surface area (Å²) >= 11 is 0. The minimum Gasteiger partial charge on any atom is -0.489 e. The summed E-state index contributed by atoms with van der Waals surface area (Å²) in [6.45, 7) is 1.96. The molecule has 1 aliphatic heterocycles. The number of hydrogen-bond acceptors (Lipinski definition) is 7. The van der Waals surface area contributed by atoms with Crippen LogP contribution in [0.1, 0.15) is 12.8 Å². The van der Waals surface area contributed by atoms with Crippen LogP contribution in [-0.4, -0.2) is 54.3 Å². The second-order valence-electron chi connectivity index (χ2n) is 9.21. The number of hydrogen-bond donors (Lipinski definition) is 3. The predicted molar refractivity (Wildman–Crippen MR) is 142 cm³/mol. The molecule has 6 aromatic heterocycles. The Kier molecular flexibility index (Phi) is 5.32. The zero-order valence-electron chi connectivity index (χ0n) is 20.0. The number of fused-ring (bicyclic) bond motifs is 2. The van der Waals surface area contributed by atoms with E-state index in [1.54, 1.807) is 18.6 Å². The Morgan fingerprint density at radius 2 is 1.65 bits per heavy atom. The molecule has 0 amide bonds. The van der Waals surface area contributed by atoms with Crippen LogP contribution in [0.4, 0.5) is 0 Å². The summed E-state index contributed by atoms with van der Waals surface area (Å²) in [6, 6.07) is 12.2. The number of nitrogens with one attached hydrogen (secondary N) is 3. The molecule has 0 saturated carbocycles. The zero-order valence-corrected chi connectivity index (χ0v) is 20.0. The molecule has 0 aromatic carbocycles. The molecule has 1 saturated heterocycles. The van der Waals surface area contributed by atoms with Gasteiger partial charge in [0, 0.05) is 52.9 Å². The number of ether oxygens (including phenoxy) is 1. The molecule has 0 unspecified atom stereocenters. The van der Waals surface area contributed by atoms with Gasteiger partial charge in [0.15, 0.2) is 5.65 Å². The van der Waals surface area contributed by atoms with Crippen LogP contribution in [0.2, 0.25) is 0 Å². The first-order chi connectivity index (χ1) is 18.3. The molecule has 6 aromatic rings. The Bertz CT molecular complexity index is 1700. The van der Waals surface area contributed by atoms with Crippen molar-refractivity contribution in [1.29, 1.82) is 0 Å². The largest absolute Gasteiger partial charge is 0.489 e. The lowest BCUT2D eigenvalue weighted by atomic mass is 10.0. The van der Waals surface area contributed by atoms with Gasteiger partial charge in [-0.1, -0.05) is 0 Å². The second-order valence-corrected chi connectivity index (χ2v) is 9.21. The third-order valence-corrected chi connectivity index (χ3v) is 6.84. The molecule has 0 aliphatic carbocycles. The third kappa shape index (κ3) is 4.09. The van der Waals surface area contributed by atoms with Crippen LogP contribution in [0, 0.1) is 0 Å². The van der Waals surface area contributed by atoms with Gasteiger partial charge in [-0.2, -0.15) is 5.10 Å². The van der Waals surface area contributed by atoms with E-state index in [9.17, 15) is 0 Å². The predicted octanol–water partition coefficient (Wildman–Crippen LogP) is 4.76. The average molecular weight is 489 g/mol. The zero-order chi connectivity index (χ0) is 24.6. The molecule has 1 fully saturated rings. The smallest absolute Gasteiger partial charge is 0.181 e. The molecule has 0 atom stereocenters. The Morgan fingerprint density at radius 3 is 2.54 bits per heavy atom. The summed E-state index contributed by atoms with van der Waals surface area (Å²) in [5, 5.41) is 12.9. The van der Waals surface area contributed by atoms with Crippen LogP contribution < -0.4 is 10.1 Å². The maximum atomic E-state index is 6.21. The fourth-order valence-corrected chi connectivity index (χ4v) is 4.95. The molecule has 7 rings (SSSR count). The summed E-state index contributed by atoms with van der Waals surface area (Å²) in [4.78, 5) is 21.2. The number of pyridine rings is 4. The molecule has 3 N–H and O–H groups in total. The van der Waals surface area contributed by atoms with Gasteiger partial charge in [0.1, 0.15) is 17.5 Å². The first-order valence-corrected chi connectivity index (χ1v) is 12.4. The van der Waals surface area contributed by atoms with E-state index >= 15 is 0 Å². The molecule has 37 heavy (non-hydrogen) atoms. The van der Waals surface area contributed by atoms with Gasteiger partial charge in [-0.15, -0.1) is 0 Å². The van der Waals surface area contributed by atoms with Crippen LogP contribution >= 0.6 is 0 Å². The Morgan fingerprint density at radius 1 is 0.784 bits per heavy atom. The van der Waals surface area contributed by atoms with Crippen LogP contribution in [-0.2, 0) is 0 Å². The molecule has 0 spiro atoms. The molecule has 7 heterocycles. The van der Waals surface area contributed by atoms with Crippen LogP contribution in [0.15, 0.2) is 73.6 Å². The highest BCUT2D eigenvalue weighted by Crippen LogP contribution is 2.34. The normalized spacial score (nSPS) is 14.4. The van der Waals surface area contributed by atoms with Gasteiger partial charge < -0.3 is 15.0 Å². The number of nitrogens with zero attached hydrogens (tertiary/aromatic N) is 5. The summed E-state index contributed by atoms with van der Waals surface area (Å²) < 4.78 is 6.21. The lowest BCUT2D eigenvalue weighted by Crippen LogP contribution is -2.34. The molecule has 9 nitrogen and oxygen atoms in total. The maximum Gasteiger partial charge on any atom is 0.181 e. The van der Waals surface area contributed by atoms with E-state index in [1.807, 2.05) is 42.9 Å². The van der Waals surface area contributed by atoms with Gasteiger partial charge in [-0.05, 0) is 73.5 Å². The fraction of sp³-hybridized carbons (Fsp3) is 0.179. The van der Waals surface area contributed by atoms with Crippen molar-refractivity contribution in [1.82, 2.24) is 40.4 Å². The summed E-state index contributed by atoms with van der Waals surface area (Å²) in [5.41, 5.74) is 7.29. The fourth-order valence-electron chi connectivity index (χ4n) is 4.95. The second kappa shape index (κ2) is 9.11. The van der Waals surface area contributed by atoms with Gasteiger partial charge in [0.2, 0.25) is 0 Å². The van der Waals surface area contributed by atoms with E-state index in [4.69, 9.17) is 4.74 Å². The number of piperidine rings is 1. The highest BCUT2D eigenvalue weighted by atomic mass is 16.5. The minimum absolute atomic E-state index is 0.215. The quantitative estimate of drug-likeness (QED) is 0.320. The van der Waals surface area contributed by atoms with Crippen LogP contribution in [0.5, 0.6) is 5.75 Å². The van der Waals surface area contributed by atoms with Crippen molar-refractivity contribution in [3.63, 3.8) is 0 Å². The van der Waals surface area contributed by atoms with Crippen molar-refractivity contribution in [2.75, 3.05) is 13.1 Å². The van der Waals surface area contributed by atoms with Crippen molar-refractivity contribution < 1.29 is 4.74 Å². The van der Waals surface area contributed by atoms with E-state index in [1.165, 1.54) is 0 Å². The van der Waals surface area contributed by atoms with Gasteiger partial charge in [-0.25, -0.2) is 9.97 Å². The highest BCUT2D eigenvalue weighted by molar-refractivity contribution is 5.99. The van der Waals surface area contributed by atoms with Gasteiger partial charge in [0.25, 0.3) is 0 Å². The average Bonchev–Trinajstić information content (AvgIpc) is 3.58.